The van der Waals surface area contributed by atoms with E-state index >= 15 is 0 Å². The minimum Gasteiger partial charge on any atom is -0.334 e. The summed E-state index contributed by atoms with van der Waals surface area (Å²) in [6.07, 6.45) is 2.93. The second-order valence-corrected chi connectivity index (χ2v) is 7.47. The van der Waals surface area contributed by atoms with Crippen molar-refractivity contribution in [3.63, 3.8) is 0 Å². The molecule has 1 unspecified atom stereocenters. The van der Waals surface area contributed by atoms with E-state index in [0.717, 1.165) is 24.7 Å². The standard InChI is InChI=1S/C23H26N4/c1-17(2)26(16-19-9-5-4-6-10-19)23-24-14-13-22(25-23)27-18(3)15-20-11-7-8-12-21(20)27/h4-14,17-18H,15-16H2,1-3H3. The summed E-state index contributed by atoms with van der Waals surface area (Å²) in [7, 11) is 0. The summed E-state index contributed by atoms with van der Waals surface area (Å²) in [5, 5.41) is 0. The predicted octanol–water partition coefficient (Wildman–Crippen LogP) is 4.97. The zero-order chi connectivity index (χ0) is 18.8. The Labute approximate surface area is 161 Å². The average Bonchev–Trinajstić information content (AvgIpc) is 3.02. The third kappa shape index (κ3) is 3.52. The summed E-state index contributed by atoms with van der Waals surface area (Å²) in [5.74, 6) is 1.75. The number of nitrogens with zero attached hydrogens (tertiary/aromatic N) is 4. The lowest BCUT2D eigenvalue weighted by Gasteiger charge is -2.29. The molecule has 4 rings (SSSR count). The highest BCUT2D eigenvalue weighted by molar-refractivity contribution is 5.69. The van der Waals surface area contributed by atoms with Crippen molar-refractivity contribution in [3.05, 3.63) is 78.0 Å². The maximum Gasteiger partial charge on any atom is 0.227 e. The Bertz CT molecular complexity index is 907. The molecule has 27 heavy (non-hydrogen) atoms. The van der Waals surface area contributed by atoms with Crippen LogP contribution in [0.3, 0.4) is 0 Å². The highest BCUT2D eigenvalue weighted by atomic mass is 15.3. The largest absolute Gasteiger partial charge is 0.334 e. The average molecular weight is 358 g/mol. The van der Waals surface area contributed by atoms with E-state index in [2.05, 4.69) is 84.1 Å². The van der Waals surface area contributed by atoms with Crippen molar-refractivity contribution in [2.75, 3.05) is 9.80 Å². The number of para-hydroxylation sites is 1. The van der Waals surface area contributed by atoms with Gasteiger partial charge in [-0.1, -0.05) is 48.5 Å². The minimum absolute atomic E-state index is 0.309. The van der Waals surface area contributed by atoms with Crippen LogP contribution in [0.15, 0.2) is 66.9 Å². The van der Waals surface area contributed by atoms with Gasteiger partial charge in [0.2, 0.25) is 5.95 Å². The zero-order valence-electron chi connectivity index (χ0n) is 16.2. The van der Waals surface area contributed by atoms with Crippen LogP contribution in [0.5, 0.6) is 0 Å². The fourth-order valence-corrected chi connectivity index (χ4v) is 3.79. The Hall–Kier alpha value is -2.88. The molecule has 0 bridgehead atoms. The third-order valence-electron chi connectivity index (χ3n) is 5.16. The summed E-state index contributed by atoms with van der Waals surface area (Å²) in [6.45, 7) is 7.43. The second-order valence-electron chi connectivity index (χ2n) is 7.47. The zero-order valence-corrected chi connectivity index (χ0v) is 16.2. The molecule has 0 fully saturated rings. The Balaban J connectivity index is 1.67. The van der Waals surface area contributed by atoms with E-state index in [0.29, 0.717) is 12.1 Å². The SMILES string of the molecule is CC(C)N(Cc1ccccc1)c1nccc(N2c3ccccc3CC2C)n1. The van der Waals surface area contributed by atoms with Crippen LogP contribution in [-0.4, -0.2) is 22.1 Å². The van der Waals surface area contributed by atoms with Crippen LogP contribution in [0.2, 0.25) is 0 Å². The predicted molar refractivity (Wildman–Crippen MR) is 112 cm³/mol. The molecule has 0 N–H and O–H groups in total. The molecule has 0 amide bonds. The number of rotatable bonds is 5. The first-order valence-corrected chi connectivity index (χ1v) is 9.64. The van der Waals surface area contributed by atoms with Gasteiger partial charge in [-0.25, -0.2) is 4.98 Å². The highest BCUT2D eigenvalue weighted by Crippen LogP contribution is 2.37. The van der Waals surface area contributed by atoms with Gasteiger partial charge in [-0.05, 0) is 50.5 Å². The molecule has 1 aliphatic heterocycles. The van der Waals surface area contributed by atoms with Crippen LogP contribution in [0.25, 0.3) is 0 Å². The van der Waals surface area contributed by atoms with Crippen molar-refractivity contribution in [1.82, 2.24) is 9.97 Å². The van der Waals surface area contributed by atoms with E-state index < -0.39 is 0 Å². The van der Waals surface area contributed by atoms with Crippen molar-refractivity contribution >= 4 is 17.5 Å². The molecule has 3 aromatic rings. The van der Waals surface area contributed by atoms with Gasteiger partial charge in [0.15, 0.2) is 0 Å². The summed E-state index contributed by atoms with van der Waals surface area (Å²) < 4.78 is 0. The van der Waals surface area contributed by atoms with Crippen LogP contribution in [-0.2, 0) is 13.0 Å². The Morgan fingerprint density at radius 1 is 1.04 bits per heavy atom. The smallest absolute Gasteiger partial charge is 0.227 e. The summed E-state index contributed by atoms with van der Waals surface area (Å²) in [5.41, 5.74) is 3.91. The van der Waals surface area contributed by atoms with Gasteiger partial charge in [-0.2, -0.15) is 4.98 Å². The monoisotopic (exact) mass is 358 g/mol. The van der Waals surface area contributed by atoms with Gasteiger partial charge < -0.3 is 9.80 Å². The van der Waals surface area contributed by atoms with Crippen LogP contribution in [0, 0.1) is 0 Å². The van der Waals surface area contributed by atoms with E-state index in [4.69, 9.17) is 4.98 Å². The number of benzene rings is 2. The normalized spacial score (nSPS) is 15.9. The molecule has 0 saturated heterocycles. The summed E-state index contributed by atoms with van der Waals surface area (Å²) in [6, 6.07) is 21.8. The van der Waals surface area contributed by atoms with Crippen molar-refractivity contribution in [2.45, 2.75) is 45.8 Å². The lowest BCUT2D eigenvalue weighted by Crippen LogP contribution is -2.32. The number of hydrogen-bond donors (Lipinski definition) is 0. The molecule has 0 spiro atoms. The lowest BCUT2D eigenvalue weighted by molar-refractivity contribution is 0.658. The second kappa shape index (κ2) is 7.39. The van der Waals surface area contributed by atoms with Crippen molar-refractivity contribution in [1.29, 1.82) is 0 Å². The molecule has 2 heterocycles. The molecule has 138 valence electrons. The first kappa shape index (κ1) is 17.5. The highest BCUT2D eigenvalue weighted by Gasteiger charge is 2.28. The fourth-order valence-electron chi connectivity index (χ4n) is 3.79. The van der Waals surface area contributed by atoms with Crippen LogP contribution >= 0.6 is 0 Å². The van der Waals surface area contributed by atoms with E-state index in [1.165, 1.54) is 16.8 Å². The van der Waals surface area contributed by atoms with E-state index in [9.17, 15) is 0 Å². The summed E-state index contributed by atoms with van der Waals surface area (Å²) >= 11 is 0. The maximum atomic E-state index is 4.96. The van der Waals surface area contributed by atoms with Crippen molar-refractivity contribution < 1.29 is 0 Å². The molecular formula is C23H26N4. The molecule has 2 aromatic carbocycles. The van der Waals surface area contributed by atoms with E-state index in [1.807, 2.05) is 18.3 Å². The topological polar surface area (TPSA) is 32.3 Å². The molecule has 0 radical (unpaired) electrons. The molecule has 0 saturated carbocycles. The molecule has 1 atom stereocenters. The molecule has 1 aliphatic rings. The first-order chi connectivity index (χ1) is 13.1. The van der Waals surface area contributed by atoms with Gasteiger partial charge in [0, 0.05) is 30.5 Å². The Morgan fingerprint density at radius 3 is 2.56 bits per heavy atom. The number of hydrogen-bond acceptors (Lipinski definition) is 4. The fraction of sp³-hybridized carbons (Fsp3) is 0.304. The van der Waals surface area contributed by atoms with Gasteiger partial charge in [0.25, 0.3) is 0 Å². The van der Waals surface area contributed by atoms with Gasteiger partial charge in [-0.3, -0.25) is 0 Å². The van der Waals surface area contributed by atoms with Gasteiger partial charge >= 0.3 is 0 Å². The van der Waals surface area contributed by atoms with Crippen LogP contribution in [0.4, 0.5) is 17.5 Å². The molecule has 0 aliphatic carbocycles. The lowest BCUT2D eigenvalue weighted by atomic mass is 10.1. The van der Waals surface area contributed by atoms with E-state index in [-0.39, 0.29) is 0 Å². The number of anilines is 3. The van der Waals surface area contributed by atoms with Gasteiger partial charge in [0.05, 0.1) is 0 Å². The Kier molecular flexibility index (Phi) is 4.80. The molecule has 1 aromatic heterocycles. The third-order valence-corrected chi connectivity index (χ3v) is 5.16. The number of aromatic nitrogens is 2. The van der Waals surface area contributed by atoms with Crippen molar-refractivity contribution in [3.8, 4) is 0 Å². The first-order valence-electron chi connectivity index (χ1n) is 9.64. The molecule has 4 heteroatoms. The Morgan fingerprint density at radius 2 is 1.78 bits per heavy atom. The molecule has 4 nitrogen and oxygen atoms in total. The van der Waals surface area contributed by atoms with Gasteiger partial charge in [0.1, 0.15) is 5.82 Å². The minimum atomic E-state index is 0.309. The van der Waals surface area contributed by atoms with Crippen molar-refractivity contribution in [2.24, 2.45) is 0 Å². The van der Waals surface area contributed by atoms with Crippen LogP contribution in [0.1, 0.15) is 31.9 Å². The van der Waals surface area contributed by atoms with Gasteiger partial charge in [-0.15, -0.1) is 0 Å². The maximum absolute atomic E-state index is 4.96. The summed E-state index contributed by atoms with van der Waals surface area (Å²) in [4.78, 5) is 14.2. The quantitative estimate of drug-likeness (QED) is 0.644. The van der Waals surface area contributed by atoms with E-state index in [1.54, 1.807) is 0 Å². The van der Waals surface area contributed by atoms with Crippen LogP contribution < -0.4 is 9.80 Å². The molecular weight excluding hydrogens is 332 g/mol. The number of fused-ring (bicyclic) bond motifs is 1.